The Kier molecular flexibility index (Phi) is 11.8. The molecule has 1 rings (SSSR count). The summed E-state index contributed by atoms with van der Waals surface area (Å²) in [7, 11) is 1.60. The zero-order valence-corrected chi connectivity index (χ0v) is 17.3. The SMILES string of the molecule is CCOC(=O)CCCCCCCCC(=O)OCc1cc(Br)ccc1OC. The van der Waals surface area contributed by atoms with Gasteiger partial charge in [0.1, 0.15) is 12.4 Å². The van der Waals surface area contributed by atoms with Crippen LogP contribution in [0.4, 0.5) is 0 Å². The van der Waals surface area contributed by atoms with E-state index in [0.29, 0.717) is 25.2 Å². The number of carbonyl (C=O) groups is 2. The number of unbranched alkanes of at least 4 members (excludes halogenated alkanes) is 5. The second-order valence-corrected chi connectivity index (χ2v) is 6.96. The molecule has 0 atom stereocenters. The van der Waals surface area contributed by atoms with E-state index >= 15 is 0 Å². The monoisotopic (exact) mass is 428 g/mol. The van der Waals surface area contributed by atoms with Crippen LogP contribution in [0.25, 0.3) is 0 Å². The standard InChI is InChI=1S/C20H29BrO5/c1-3-25-19(22)10-8-6-4-5-7-9-11-20(23)26-15-16-14-17(21)12-13-18(16)24-2/h12-14H,3-11,15H2,1-2H3. The Morgan fingerprint density at radius 2 is 1.50 bits per heavy atom. The summed E-state index contributed by atoms with van der Waals surface area (Å²) in [5.74, 6) is 0.412. The maximum absolute atomic E-state index is 11.8. The molecule has 0 fully saturated rings. The first-order valence-corrected chi connectivity index (χ1v) is 9.99. The lowest BCUT2D eigenvalue weighted by Gasteiger charge is -2.10. The van der Waals surface area contributed by atoms with Crippen LogP contribution in [0.5, 0.6) is 5.75 Å². The molecule has 26 heavy (non-hydrogen) atoms. The predicted molar refractivity (Wildman–Crippen MR) is 104 cm³/mol. The van der Waals surface area contributed by atoms with Gasteiger partial charge in [-0.2, -0.15) is 0 Å². The summed E-state index contributed by atoms with van der Waals surface area (Å²) in [5.41, 5.74) is 0.844. The van der Waals surface area contributed by atoms with Crippen LogP contribution in [0.2, 0.25) is 0 Å². The van der Waals surface area contributed by atoms with E-state index in [1.54, 1.807) is 7.11 Å². The highest BCUT2D eigenvalue weighted by atomic mass is 79.9. The molecule has 0 spiro atoms. The van der Waals surface area contributed by atoms with Gasteiger partial charge in [0.15, 0.2) is 0 Å². The van der Waals surface area contributed by atoms with Crippen molar-refractivity contribution in [3.8, 4) is 5.75 Å². The molecule has 0 saturated heterocycles. The first kappa shape index (κ1) is 22.5. The third-order valence-electron chi connectivity index (χ3n) is 3.95. The van der Waals surface area contributed by atoms with Crippen molar-refractivity contribution in [1.82, 2.24) is 0 Å². The van der Waals surface area contributed by atoms with E-state index in [1.807, 2.05) is 25.1 Å². The van der Waals surface area contributed by atoms with Crippen LogP contribution in [0, 0.1) is 0 Å². The lowest BCUT2D eigenvalue weighted by Crippen LogP contribution is -2.05. The van der Waals surface area contributed by atoms with Gasteiger partial charge in [-0.15, -0.1) is 0 Å². The second-order valence-electron chi connectivity index (χ2n) is 6.04. The van der Waals surface area contributed by atoms with Gasteiger partial charge >= 0.3 is 11.9 Å². The third-order valence-corrected chi connectivity index (χ3v) is 4.44. The minimum Gasteiger partial charge on any atom is -0.496 e. The summed E-state index contributed by atoms with van der Waals surface area (Å²) in [5, 5.41) is 0. The number of rotatable bonds is 13. The van der Waals surface area contributed by atoms with Crippen LogP contribution < -0.4 is 4.74 Å². The Bertz CT molecular complexity index is 559. The maximum atomic E-state index is 11.8. The Labute approximate surface area is 164 Å². The van der Waals surface area contributed by atoms with E-state index in [2.05, 4.69) is 15.9 Å². The molecule has 0 heterocycles. The van der Waals surface area contributed by atoms with Gasteiger partial charge in [-0.05, 0) is 38.0 Å². The fourth-order valence-electron chi connectivity index (χ4n) is 2.57. The number of halogens is 1. The van der Waals surface area contributed by atoms with Crippen molar-refractivity contribution in [2.24, 2.45) is 0 Å². The van der Waals surface area contributed by atoms with Gasteiger partial charge in [0.2, 0.25) is 0 Å². The van der Waals surface area contributed by atoms with Gasteiger partial charge in [0.05, 0.1) is 13.7 Å². The predicted octanol–water partition coefficient (Wildman–Crippen LogP) is 5.18. The second kappa shape index (κ2) is 13.6. The topological polar surface area (TPSA) is 61.8 Å². The van der Waals surface area contributed by atoms with E-state index in [1.165, 1.54) is 0 Å². The molecule has 0 aromatic heterocycles. The molecule has 0 bridgehead atoms. The molecule has 1 aromatic rings. The number of ether oxygens (including phenoxy) is 3. The van der Waals surface area contributed by atoms with E-state index < -0.39 is 0 Å². The van der Waals surface area contributed by atoms with Crippen molar-refractivity contribution >= 4 is 27.9 Å². The number of hydrogen-bond donors (Lipinski definition) is 0. The molecule has 0 saturated carbocycles. The minimum atomic E-state index is -0.186. The fourth-order valence-corrected chi connectivity index (χ4v) is 2.98. The van der Waals surface area contributed by atoms with Crippen molar-refractivity contribution in [2.75, 3.05) is 13.7 Å². The number of methoxy groups -OCH3 is 1. The molecule has 146 valence electrons. The van der Waals surface area contributed by atoms with Gasteiger partial charge in [-0.1, -0.05) is 41.6 Å². The van der Waals surface area contributed by atoms with Gasteiger partial charge in [0, 0.05) is 22.9 Å². The molecule has 0 radical (unpaired) electrons. The summed E-state index contributed by atoms with van der Waals surface area (Å²) >= 11 is 3.40. The normalized spacial score (nSPS) is 10.4. The fraction of sp³-hybridized carbons (Fsp3) is 0.600. The summed E-state index contributed by atoms with van der Waals surface area (Å²) in [6.45, 7) is 2.48. The highest BCUT2D eigenvalue weighted by Crippen LogP contribution is 2.23. The van der Waals surface area contributed by atoms with Crippen LogP contribution in [0.15, 0.2) is 22.7 Å². The number of carbonyl (C=O) groups excluding carboxylic acids is 2. The molecule has 0 unspecified atom stereocenters. The molecule has 6 heteroatoms. The van der Waals surface area contributed by atoms with Crippen molar-refractivity contribution in [3.05, 3.63) is 28.2 Å². The summed E-state index contributed by atoms with van der Waals surface area (Å²) in [6, 6.07) is 5.62. The van der Waals surface area contributed by atoms with E-state index in [0.717, 1.165) is 48.6 Å². The average Bonchev–Trinajstić information content (AvgIpc) is 2.62. The van der Waals surface area contributed by atoms with Gasteiger partial charge in [-0.25, -0.2) is 0 Å². The van der Waals surface area contributed by atoms with Crippen LogP contribution in [-0.4, -0.2) is 25.7 Å². The molecule has 1 aromatic carbocycles. The van der Waals surface area contributed by atoms with Crippen LogP contribution >= 0.6 is 15.9 Å². The van der Waals surface area contributed by atoms with Gasteiger partial charge < -0.3 is 14.2 Å². The quantitative estimate of drug-likeness (QED) is 0.319. The summed E-state index contributed by atoms with van der Waals surface area (Å²) < 4.78 is 16.4. The Hall–Kier alpha value is -1.56. The summed E-state index contributed by atoms with van der Waals surface area (Å²) in [4.78, 5) is 23.0. The molecule has 0 aliphatic heterocycles. The average molecular weight is 429 g/mol. The lowest BCUT2D eigenvalue weighted by atomic mass is 10.1. The third kappa shape index (κ3) is 9.80. The highest BCUT2D eigenvalue weighted by Gasteiger charge is 2.08. The summed E-state index contributed by atoms with van der Waals surface area (Å²) in [6.07, 6.45) is 6.78. The molecular weight excluding hydrogens is 400 g/mol. The molecule has 0 N–H and O–H groups in total. The van der Waals surface area contributed by atoms with E-state index in [9.17, 15) is 9.59 Å². The van der Waals surface area contributed by atoms with Crippen LogP contribution in [0.3, 0.4) is 0 Å². The lowest BCUT2D eigenvalue weighted by molar-refractivity contribution is -0.145. The van der Waals surface area contributed by atoms with Gasteiger partial charge in [-0.3, -0.25) is 9.59 Å². The first-order chi connectivity index (χ1) is 12.6. The highest BCUT2D eigenvalue weighted by molar-refractivity contribution is 9.10. The van der Waals surface area contributed by atoms with Crippen LogP contribution in [-0.2, 0) is 25.7 Å². The smallest absolute Gasteiger partial charge is 0.306 e. The Morgan fingerprint density at radius 3 is 2.08 bits per heavy atom. The zero-order chi connectivity index (χ0) is 19.2. The Morgan fingerprint density at radius 1 is 0.923 bits per heavy atom. The largest absolute Gasteiger partial charge is 0.496 e. The Balaban J connectivity index is 2.07. The maximum Gasteiger partial charge on any atom is 0.306 e. The van der Waals surface area contributed by atoms with Crippen LogP contribution in [0.1, 0.15) is 63.9 Å². The van der Waals surface area contributed by atoms with E-state index in [-0.39, 0.29) is 18.5 Å². The number of hydrogen-bond acceptors (Lipinski definition) is 5. The van der Waals surface area contributed by atoms with Crippen molar-refractivity contribution in [3.63, 3.8) is 0 Å². The van der Waals surface area contributed by atoms with E-state index in [4.69, 9.17) is 14.2 Å². The van der Waals surface area contributed by atoms with Crippen molar-refractivity contribution < 1.29 is 23.8 Å². The molecule has 0 aliphatic carbocycles. The first-order valence-electron chi connectivity index (χ1n) is 9.20. The van der Waals surface area contributed by atoms with Crippen molar-refractivity contribution in [1.29, 1.82) is 0 Å². The number of esters is 2. The minimum absolute atomic E-state index is 0.114. The zero-order valence-electron chi connectivity index (χ0n) is 15.7. The van der Waals surface area contributed by atoms with Gasteiger partial charge in [0.25, 0.3) is 0 Å². The molecule has 5 nitrogen and oxygen atoms in total. The number of benzene rings is 1. The molecule has 0 aliphatic rings. The molecule has 0 amide bonds. The van der Waals surface area contributed by atoms with Crippen molar-refractivity contribution in [2.45, 2.75) is 64.9 Å². The molecular formula is C20H29BrO5.